The van der Waals surface area contributed by atoms with Crippen LogP contribution in [0.25, 0.3) is 0 Å². The number of benzene rings is 2. The number of anilines is 1. The van der Waals surface area contributed by atoms with Crippen LogP contribution in [0.2, 0.25) is 0 Å². The van der Waals surface area contributed by atoms with Crippen LogP contribution in [0.3, 0.4) is 0 Å². The summed E-state index contributed by atoms with van der Waals surface area (Å²) in [4.78, 5) is 14.9. The van der Waals surface area contributed by atoms with Crippen molar-refractivity contribution in [3.63, 3.8) is 0 Å². The molecule has 0 spiro atoms. The average molecular weight is 446 g/mol. The quantitative estimate of drug-likeness (QED) is 0.725. The van der Waals surface area contributed by atoms with Crippen LogP contribution >= 0.6 is 0 Å². The average Bonchev–Trinajstić information content (AvgIpc) is 2.84. The molecule has 1 N–H and O–H groups in total. The molecule has 0 bridgehead atoms. The highest BCUT2D eigenvalue weighted by atomic mass is 32.2. The largest absolute Gasteiger partial charge is 0.379 e. The Bertz CT molecular complexity index is 981. The molecule has 2 aromatic rings. The zero-order valence-corrected chi connectivity index (χ0v) is 18.1. The number of nitrogens with zero attached hydrogens (tertiary/aromatic N) is 2. The molecule has 0 unspecified atom stereocenters. The van der Waals surface area contributed by atoms with Crippen molar-refractivity contribution in [3.8, 4) is 0 Å². The van der Waals surface area contributed by atoms with Crippen molar-refractivity contribution in [2.24, 2.45) is 0 Å². The summed E-state index contributed by atoms with van der Waals surface area (Å²) in [5.41, 5.74) is 2.57. The van der Waals surface area contributed by atoms with Crippen LogP contribution in [0, 0.1) is 0 Å². The minimum Gasteiger partial charge on any atom is -0.379 e. The topological polar surface area (TPSA) is 88.2 Å². The lowest BCUT2D eigenvalue weighted by atomic mass is 10.1. The van der Waals surface area contributed by atoms with Gasteiger partial charge < -0.3 is 19.7 Å². The summed E-state index contributed by atoms with van der Waals surface area (Å²) in [5.74, 6) is -0.243. The second-order valence-corrected chi connectivity index (χ2v) is 9.43. The van der Waals surface area contributed by atoms with Gasteiger partial charge in [-0.1, -0.05) is 12.1 Å². The number of carbonyl (C=O) groups excluding carboxylic acids is 1. The molecule has 4 rings (SSSR count). The Kier molecular flexibility index (Phi) is 6.86. The van der Waals surface area contributed by atoms with E-state index in [1.807, 2.05) is 12.1 Å². The van der Waals surface area contributed by atoms with Gasteiger partial charge in [0.15, 0.2) is 0 Å². The molecule has 2 saturated heterocycles. The molecule has 1 amide bonds. The van der Waals surface area contributed by atoms with Crippen LogP contribution in [0.1, 0.15) is 15.9 Å². The van der Waals surface area contributed by atoms with Crippen molar-refractivity contribution in [3.05, 3.63) is 59.7 Å². The van der Waals surface area contributed by atoms with Crippen LogP contribution in [0.15, 0.2) is 53.4 Å². The Morgan fingerprint density at radius 3 is 2.03 bits per heavy atom. The Morgan fingerprint density at radius 2 is 1.42 bits per heavy atom. The van der Waals surface area contributed by atoms with E-state index < -0.39 is 10.0 Å². The highest BCUT2D eigenvalue weighted by Gasteiger charge is 2.26. The van der Waals surface area contributed by atoms with E-state index >= 15 is 0 Å². The predicted octanol–water partition coefficient (Wildman–Crippen LogP) is 1.47. The van der Waals surface area contributed by atoms with Gasteiger partial charge in [-0.3, -0.25) is 4.79 Å². The number of hydrogen-bond donors (Lipinski definition) is 1. The molecule has 0 aliphatic carbocycles. The zero-order valence-electron chi connectivity index (χ0n) is 17.3. The summed E-state index contributed by atoms with van der Waals surface area (Å²) in [7, 11) is -3.56. The number of sulfonamides is 1. The fraction of sp³-hybridized carbons (Fsp3) is 0.409. The van der Waals surface area contributed by atoms with Gasteiger partial charge >= 0.3 is 0 Å². The van der Waals surface area contributed by atoms with Crippen molar-refractivity contribution in [1.29, 1.82) is 0 Å². The van der Waals surface area contributed by atoms with Gasteiger partial charge in [0.2, 0.25) is 10.0 Å². The van der Waals surface area contributed by atoms with Gasteiger partial charge in [-0.2, -0.15) is 4.31 Å². The van der Waals surface area contributed by atoms with Crippen molar-refractivity contribution in [2.45, 2.75) is 11.4 Å². The second kappa shape index (κ2) is 9.78. The van der Waals surface area contributed by atoms with Crippen LogP contribution in [-0.2, 0) is 26.0 Å². The van der Waals surface area contributed by atoms with Crippen molar-refractivity contribution < 1.29 is 22.7 Å². The fourth-order valence-electron chi connectivity index (χ4n) is 3.64. The Morgan fingerprint density at radius 1 is 0.839 bits per heavy atom. The van der Waals surface area contributed by atoms with E-state index in [1.54, 1.807) is 12.1 Å². The first-order valence-electron chi connectivity index (χ1n) is 10.4. The van der Waals surface area contributed by atoms with E-state index in [-0.39, 0.29) is 10.8 Å². The van der Waals surface area contributed by atoms with E-state index in [0.29, 0.717) is 38.4 Å². The molecule has 0 atom stereocenters. The number of amides is 1. The van der Waals surface area contributed by atoms with E-state index in [2.05, 4.69) is 22.3 Å². The van der Waals surface area contributed by atoms with Gasteiger partial charge in [0.05, 0.1) is 31.3 Å². The Hall–Kier alpha value is -2.46. The molecule has 166 valence electrons. The number of rotatable bonds is 6. The molecule has 2 aliphatic rings. The Balaban J connectivity index is 1.33. The molecule has 0 saturated carbocycles. The van der Waals surface area contributed by atoms with Crippen LogP contribution in [0.4, 0.5) is 5.69 Å². The van der Waals surface area contributed by atoms with Crippen molar-refractivity contribution in [2.75, 3.05) is 57.5 Å². The lowest BCUT2D eigenvalue weighted by molar-refractivity contribution is 0.0730. The molecule has 2 aliphatic heterocycles. The maximum Gasteiger partial charge on any atom is 0.251 e. The fourth-order valence-corrected chi connectivity index (χ4v) is 5.05. The standard InChI is InChI=1S/C22H27N3O5S/c26-22(23-17-18-1-5-20(6-2-18)24-9-13-29-14-10-24)19-3-7-21(8-4-19)31(27,28)25-11-15-30-16-12-25/h1-8H,9-17H2,(H,23,26). The number of carbonyl (C=O) groups is 1. The first-order chi connectivity index (χ1) is 15.0. The Labute approximate surface area is 182 Å². The SMILES string of the molecule is O=C(NCc1ccc(N2CCOCC2)cc1)c1ccc(S(=O)(=O)N2CCOCC2)cc1. The van der Waals surface area contributed by atoms with Crippen LogP contribution < -0.4 is 10.2 Å². The highest BCUT2D eigenvalue weighted by Crippen LogP contribution is 2.19. The molecule has 8 nitrogen and oxygen atoms in total. The first kappa shape index (κ1) is 21.8. The lowest BCUT2D eigenvalue weighted by Crippen LogP contribution is -2.40. The molecule has 0 radical (unpaired) electrons. The zero-order chi connectivity index (χ0) is 21.7. The molecular formula is C22H27N3O5S. The molecular weight excluding hydrogens is 418 g/mol. The lowest BCUT2D eigenvalue weighted by Gasteiger charge is -2.28. The summed E-state index contributed by atoms with van der Waals surface area (Å²) < 4.78 is 37.4. The van der Waals surface area contributed by atoms with E-state index in [9.17, 15) is 13.2 Å². The normalized spacial score (nSPS) is 18.0. The minimum atomic E-state index is -3.56. The smallest absolute Gasteiger partial charge is 0.251 e. The number of morpholine rings is 2. The van der Waals surface area contributed by atoms with Crippen molar-refractivity contribution in [1.82, 2.24) is 9.62 Å². The number of nitrogens with one attached hydrogen (secondary N) is 1. The van der Waals surface area contributed by atoms with Crippen LogP contribution in [-0.4, -0.2) is 71.2 Å². The summed E-state index contributed by atoms with van der Waals surface area (Å²) in [6, 6.07) is 14.2. The van der Waals surface area contributed by atoms with E-state index in [1.165, 1.54) is 16.4 Å². The van der Waals surface area contributed by atoms with Crippen LogP contribution in [0.5, 0.6) is 0 Å². The second-order valence-electron chi connectivity index (χ2n) is 7.49. The van der Waals surface area contributed by atoms with Gasteiger partial charge in [0, 0.05) is 44.0 Å². The highest BCUT2D eigenvalue weighted by molar-refractivity contribution is 7.89. The summed E-state index contributed by atoms with van der Waals surface area (Å²) >= 11 is 0. The summed E-state index contributed by atoms with van der Waals surface area (Å²) in [6.45, 7) is 5.12. The van der Waals surface area contributed by atoms with E-state index in [0.717, 1.165) is 37.6 Å². The third-order valence-electron chi connectivity index (χ3n) is 5.49. The molecule has 2 aromatic carbocycles. The summed E-state index contributed by atoms with van der Waals surface area (Å²) in [6.07, 6.45) is 0. The summed E-state index contributed by atoms with van der Waals surface area (Å²) in [5, 5.41) is 2.89. The van der Waals surface area contributed by atoms with Gasteiger partial charge in [0.25, 0.3) is 5.91 Å². The van der Waals surface area contributed by atoms with Gasteiger partial charge in [-0.15, -0.1) is 0 Å². The molecule has 31 heavy (non-hydrogen) atoms. The number of ether oxygens (including phenoxy) is 2. The third kappa shape index (κ3) is 5.24. The third-order valence-corrected chi connectivity index (χ3v) is 7.40. The van der Waals surface area contributed by atoms with Crippen molar-refractivity contribution >= 4 is 21.6 Å². The molecule has 0 aromatic heterocycles. The van der Waals surface area contributed by atoms with Gasteiger partial charge in [-0.25, -0.2) is 8.42 Å². The first-order valence-corrected chi connectivity index (χ1v) is 11.9. The van der Waals surface area contributed by atoms with Gasteiger partial charge in [-0.05, 0) is 42.0 Å². The molecule has 9 heteroatoms. The maximum atomic E-state index is 12.7. The monoisotopic (exact) mass is 445 g/mol. The van der Waals surface area contributed by atoms with Gasteiger partial charge in [0.1, 0.15) is 0 Å². The molecule has 2 fully saturated rings. The number of hydrogen-bond acceptors (Lipinski definition) is 6. The predicted molar refractivity (Wildman–Crippen MR) is 117 cm³/mol. The minimum absolute atomic E-state index is 0.185. The molecule has 2 heterocycles. The van der Waals surface area contributed by atoms with E-state index in [4.69, 9.17) is 9.47 Å². The maximum absolute atomic E-state index is 12.7.